The molecule has 0 radical (unpaired) electrons. The molecule has 15 heteroatoms. The van der Waals surface area contributed by atoms with Crippen LogP contribution in [0.15, 0.2) is 30.3 Å². The fraction of sp³-hybridized carbons (Fsp3) is 0.250. The van der Waals surface area contributed by atoms with Crippen molar-refractivity contribution in [3.63, 3.8) is 0 Å². The average molecular weight is 422 g/mol. The first-order valence-electron chi connectivity index (χ1n) is 7.08. The summed E-state index contributed by atoms with van der Waals surface area (Å²) in [5, 5.41) is 4.18. The van der Waals surface area contributed by atoms with Crippen LogP contribution in [-0.4, -0.2) is 60.7 Å². The van der Waals surface area contributed by atoms with E-state index in [0.717, 1.165) is 0 Å². The Balaban J connectivity index is 2.13. The number of hydrogen-bond acceptors (Lipinski definition) is 7. The molecule has 27 heavy (non-hydrogen) atoms. The molecule has 2 rings (SSSR count). The van der Waals surface area contributed by atoms with E-state index in [4.69, 9.17) is 9.11 Å². The van der Waals surface area contributed by atoms with Crippen LogP contribution < -0.4 is 15.4 Å². The second kappa shape index (κ2) is 7.47. The van der Waals surface area contributed by atoms with Gasteiger partial charge in [0.05, 0.1) is 6.54 Å². The maximum atomic E-state index is 12.4. The highest BCUT2D eigenvalue weighted by molar-refractivity contribution is 7.84. The number of hydrogen-bond donors (Lipinski definition) is 5. The van der Waals surface area contributed by atoms with Crippen molar-refractivity contribution in [3.05, 3.63) is 35.9 Å². The van der Waals surface area contributed by atoms with Crippen LogP contribution in [0.2, 0.25) is 0 Å². The molecule has 0 bridgehead atoms. The second-order valence-electron chi connectivity index (χ2n) is 5.30. The lowest BCUT2D eigenvalue weighted by atomic mass is 10.0. The van der Waals surface area contributed by atoms with Crippen molar-refractivity contribution >= 4 is 38.5 Å². The first kappa shape index (κ1) is 20.6. The first-order valence-corrected chi connectivity index (χ1v) is 9.92. The SMILES string of the molecule is O=C(NC(C(=O)NC1CN(S(=O)(=O)O)C1=O)c1ccccc1)NS(=O)(=O)O. The molecule has 1 aliphatic rings. The summed E-state index contributed by atoms with van der Waals surface area (Å²) < 4.78 is 61.9. The maximum Gasteiger partial charge on any atom is 0.362 e. The summed E-state index contributed by atoms with van der Waals surface area (Å²) >= 11 is 0. The molecular formula is C12H14N4O9S2. The Morgan fingerprint density at radius 2 is 1.70 bits per heavy atom. The number of amides is 4. The van der Waals surface area contributed by atoms with Gasteiger partial charge in [-0.3, -0.25) is 18.7 Å². The lowest BCUT2D eigenvalue weighted by Gasteiger charge is -2.36. The summed E-state index contributed by atoms with van der Waals surface area (Å²) in [7, 11) is -9.61. The molecule has 4 amide bonds. The predicted molar refractivity (Wildman–Crippen MR) is 87.6 cm³/mol. The van der Waals surface area contributed by atoms with Crippen molar-refractivity contribution < 1.29 is 40.3 Å². The summed E-state index contributed by atoms with van der Waals surface area (Å²) in [6.07, 6.45) is 0. The minimum Gasteiger partial charge on any atom is -0.341 e. The van der Waals surface area contributed by atoms with Crippen molar-refractivity contribution in [2.24, 2.45) is 0 Å². The van der Waals surface area contributed by atoms with Crippen LogP contribution in [-0.2, 0) is 30.2 Å². The van der Waals surface area contributed by atoms with Gasteiger partial charge >= 0.3 is 26.6 Å². The lowest BCUT2D eigenvalue weighted by molar-refractivity contribution is -0.141. The van der Waals surface area contributed by atoms with Crippen LogP contribution in [0.5, 0.6) is 0 Å². The number of carbonyl (C=O) groups is 3. The van der Waals surface area contributed by atoms with Crippen LogP contribution in [0.3, 0.4) is 0 Å². The van der Waals surface area contributed by atoms with Crippen molar-refractivity contribution in [2.45, 2.75) is 12.1 Å². The van der Waals surface area contributed by atoms with Gasteiger partial charge in [0, 0.05) is 0 Å². The van der Waals surface area contributed by atoms with Crippen molar-refractivity contribution in [3.8, 4) is 0 Å². The van der Waals surface area contributed by atoms with E-state index in [0.29, 0.717) is 0 Å². The van der Waals surface area contributed by atoms with E-state index in [9.17, 15) is 31.2 Å². The third-order valence-corrected chi connectivity index (χ3v) is 4.71. The van der Waals surface area contributed by atoms with Crippen LogP contribution >= 0.6 is 0 Å². The number of urea groups is 1. The summed E-state index contributed by atoms with van der Waals surface area (Å²) in [6.45, 7) is -0.512. The molecule has 0 spiro atoms. The topological polar surface area (TPSA) is 199 Å². The second-order valence-corrected chi connectivity index (χ2v) is 7.79. The van der Waals surface area contributed by atoms with Gasteiger partial charge in [-0.25, -0.2) is 13.8 Å². The third-order valence-electron chi connectivity index (χ3n) is 3.38. The summed E-state index contributed by atoms with van der Waals surface area (Å²) in [5.74, 6) is -2.04. The Morgan fingerprint density at radius 3 is 2.19 bits per heavy atom. The van der Waals surface area contributed by atoms with E-state index in [1.54, 1.807) is 6.07 Å². The molecule has 5 N–H and O–H groups in total. The van der Waals surface area contributed by atoms with Gasteiger partial charge in [0.2, 0.25) is 5.91 Å². The number of carbonyl (C=O) groups excluding carboxylic acids is 3. The molecular weight excluding hydrogens is 408 g/mol. The molecule has 1 aromatic rings. The van der Waals surface area contributed by atoms with E-state index in [1.165, 1.54) is 29.0 Å². The Kier molecular flexibility index (Phi) is 5.69. The van der Waals surface area contributed by atoms with Gasteiger partial charge in [-0.15, -0.1) is 0 Å². The van der Waals surface area contributed by atoms with E-state index in [-0.39, 0.29) is 9.87 Å². The Morgan fingerprint density at radius 1 is 1.11 bits per heavy atom. The first-order chi connectivity index (χ1) is 12.4. The van der Waals surface area contributed by atoms with E-state index in [1.807, 2.05) is 5.32 Å². The maximum absolute atomic E-state index is 12.4. The van der Waals surface area contributed by atoms with Gasteiger partial charge in [0.25, 0.3) is 5.91 Å². The van der Waals surface area contributed by atoms with Gasteiger partial charge in [-0.2, -0.15) is 16.8 Å². The van der Waals surface area contributed by atoms with Crippen molar-refractivity contribution in [1.82, 2.24) is 19.7 Å². The van der Waals surface area contributed by atoms with E-state index >= 15 is 0 Å². The highest BCUT2D eigenvalue weighted by Gasteiger charge is 2.45. The van der Waals surface area contributed by atoms with Gasteiger partial charge in [-0.05, 0) is 5.56 Å². The fourth-order valence-electron chi connectivity index (χ4n) is 2.19. The summed E-state index contributed by atoms with van der Waals surface area (Å²) in [5.41, 5.74) is 0.207. The molecule has 0 aliphatic carbocycles. The molecule has 148 valence electrons. The normalized spacial score (nSPS) is 18.2. The van der Waals surface area contributed by atoms with E-state index in [2.05, 4.69) is 5.32 Å². The Labute approximate surface area is 153 Å². The standard InChI is InChI=1S/C12H14N4O9S2/c17-10(13-8-6-16(11(8)18)27(23,24)25)9(7-4-2-1-3-5-7)14-12(19)15-26(20,21)22/h1-5,8-9H,6H2,(H,13,17)(H2,14,15,19)(H,20,21,22)(H,23,24,25). The minimum absolute atomic E-state index is 0.133. The molecule has 0 aromatic heterocycles. The summed E-state index contributed by atoms with van der Waals surface area (Å²) in [6, 6.07) is 3.34. The van der Waals surface area contributed by atoms with Crippen LogP contribution in [0.4, 0.5) is 4.79 Å². The van der Waals surface area contributed by atoms with Crippen molar-refractivity contribution in [1.29, 1.82) is 0 Å². The van der Waals surface area contributed by atoms with E-state index < -0.39 is 57.1 Å². The smallest absolute Gasteiger partial charge is 0.341 e. The molecule has 2 unspecified atom stereocenters. The monoisotopic (exact) mass is 422 g/mol. The number of β-lactam (4-membered cyclic amide) rings is 1. The molecule has 1 fully saturated rings. The van der Waals surface area contributed by atoms with Gasteiger partial charge in [0.1, 0.15) is 12.1 Å². The molecule has 0 saturated carbocycles. The van der Waals surface area contributed by atoms with Gasteiger partial charge < -0.3 is 10.6 Å². The molecule has 1 aromatic carbocycles. The zero-order valence-corrected chi connectivity index (χ0v) is 14.9. The van der Waals surface area contributed by atoms with Crippen molar-refractivity contribution in [2.75, 3.05) is 6.54 Å². The molecule has 13 nitrogen and oxygen atoms in total. The number of rotatable bonds is 6. The molecule has 1 heterocycles. The predicted octanol–water partition coefficient (Wildman–Crippen LogP) is -2.04. The Hall–Kier alpha value is -2.75. The zero-order chi connectivity index (χ0) is 20.4. The summed E-state index contributed by atoms with van der Waals surface area (Å²) in [4.78, 5) is 35.7. The third kappa shape index (κ3) is 5.36. The van der Waals surface area contributed by atoms with Crippen LogP contribution in [0.25, 0.3) is 0 Å². The minimum atomic E-state index is -4.87. The van der Waals surface area contributed by atoms with Crippen LogP contribution in [0.1, 0.15) is 11.6 Å². The average Bonchev–Trinajstić information content (AvgIpc) is 2.53. The zero-order valence-electron chi connectivity index (χ0n) is 13.3. The lowest BCUT2D eigenvalue weighted by Crippen LogP contribution is -2.66. The highest BCUT2D eigenvalue weighted by Crippen LogP contribution is 2.17. The fourth-order valence-corrected chi connectivity index (χ4v) is 3.17. The van der Waals surface area contributed by atoms with Gasteiger partial charge in [0.15, 0.2) is 0 Å². The number of nitrogens with one attached hydrogen (secondary N) is 3. The largest absolute Gasteiger partial charge is 0.362 e. The molecule has 1 aliphatic heterocycles. The quantitative estimate of drug-likeness (QED) is 0.253. The van der Waals surface area contributed by atoms with Gasteiger partial charge in [-0.1, -0.05) is 30.3 Å². The number of benzene rings is 1. The Bertz CT molecular complexity index is 962. The molecule has 2 atom stereocenters. The van der Waals surface area contributed by atoms with Crippen LogP contribution in [0, 0.1) is 0 Å². The molecule has 1 saturated heterocycles. The highest BCUT2D eigenvalue weighted by atomic mass is 32.2. The number of nitrogens with zero attached hydrogens (tertiary/aromatic N) is 1.